The van der Waals surface area contributed by atoms with Crippen LogP contribution in [-0.4, -0.2) is 49.1 Å². The van der Waals surface area contributed by atoms with Crippen LogP contribution >= 0.6 is 11.3 Å². The van der Waals surface area contributed by atoms with Crippen molar-refractivity contribution in [3.8, 4) is 17.6 Å². The van der Waals surface area contributed by atoms with Crippen molar-refractivity contribution in [3.05, 3.63) is 74.7 Å². The fourth-order valence-electron chi connectivity index (χ4n) is 3.76. The zero-order valence-electron chi connectivity index (χ0n) is 20.9. The van der Waals surface area contributed by atoms with E-state index in [-0.39, 0.29) is 24.8 Å². The summed E-state index contributed by atoms with van der Waals surface area (Å²) < 4.78 is 15.9. The van der Waals surface area contributed by atoms with Gasteiger partial charge in [0, 0.05) is 23.1 Å². The second kappa shape index (κ2) is 12.7. The number of benzene rings is 2. The van der Waals surface area contributed by atoms with Gasteiger partial charge in [0.2, 0.25) is 0 Å². The van der Waals surface area contributed by atoms with Gasteiger partial charge in [0.25, 0.3) is 5.91 Å². The highest BCUT2D eigenvalue weighted by atomic mass is 32.1. The number of thiazole rings is 1. The topological polar surface area (TPSA) is 102 Å². The Bertz CT molecular complexity index is 1240. The van der Waals surface area contributed by atoms with Crippen LogP contribution in [0.25, 0.3) is 0 Å². The second-order valence-corrected chi connectivity index (χ2v) is 8.94. The Labute approximate surface area is 215 Å². The molecule has 9 heteroatoms. The van der Waals surface area contributed by atoms with Crippen LogP contribution in [0.4, 0.5) is 0 Å². The van der Waals surface area contributed by atoms with Crippen LogP contribution in [0.15, 0.2) is 41.8 Å². The first-order chi connectivity index (χ1) is 17.4. The number of aromatic nitrogens is 1. The Balaban J connectivity index is 1.84. The lowest BCUT2D eigenvalue weighted by atomic mass is 10.1. The molecule has 0 N–H and O–H groups in total. The lowest BCUT2D eigenvalue weighted by Gasteiger charge is -2.23. The third-order valence-electron chi connectivity index (χ3n) is 5.60. The third-order valence-corrected chi connectivity index (χ3v) is 6.43. The standard InChI is InChI=1S/C27H29N3O5S/c1-5-35-27(32)22-17-36-25(29-22)16-30(11-7-10-19-8-6-9-20(12-19)15-28)26(31)21-13-23(33-3)18(2)24(14-21)34-4/h6,8-9,12-14,17H,5,7,10-11,16H2,1-4H3. The van der Waals surface area contributed by atoms with Gasteiger partial charge in [-0.1, -0.05) is 12.1 Å². The zero-order chi connectivity index (χ0) is 26.1. The number of methoxy groups -OCH3 is 2. The van der Waals surface area contributed by atoms with E-state index in [1.54, 1.807) is 49.6 Å². The molecule has 0 radical (unpaired) electrons. The van der Waals surface area contributed by atoms with E-state index in [0.717, 1.165) is 11.1 Å². The Hall–Kier alpha value is -3.90. The molecule has 2 aromatic carbocycles. The molecule has 0 aliphatic rings. The van der Waals surface area contributed by atoms with Gasteiger partial charge in [-0.25, -0.2) is 9.78 Å². The Morgan fingerprint density at radius 1 is 1.14 bits per heavy atom. The number of hydrogen-bond donors (Lipinski definition) is 0. The van der Waals surface area contributed by atoms with Gasteiger partial charge in [0.05, 0.1) is 39.0 Å². The molecule has 3 rings (SSSR count). The predicted molar refractivity (Wildman–Crippen MR) is 137 cm³/mol. The molecule has 0 spiro atoms. The SMILES string of the molecule is CCOC(=O)c1csc(CN(CCCc2cccc(C#N)c2)C(=O)c2cc(OC)c(C)c(OC)c2)n1. The number of carbonyl (C=O) groups is 2. The van der Waals surface area contributed by atoms with E-state index in [1.165, 1.54) is 11.3 Å². The molecular formula is C27H29N3O5S. The Morgan fingerprint density at radius 3 is 2.50 bits per heavy atom. The molecule has 36 heavy (non-hydrogen) atoms. The van der Waals surface area contributed by atoms with Gasteiger partial charge in [0.15, 0.2) is 5.69 Å². The smallest absolute Gasteiger partial charge is 0.357 e. The highest BCUT2D eigenvalue weighted by Gasteiger charge is 2.22. The fourth-order valence-corrected chi connectivity index (χ4v) is 4.54. The number of esters is 1. The molecule has 0 aliphatic carbocycles. The van der Waals surface area contributed by atoms with Crippen LogP contribution < -0.4 is 9.47 Å². The number of ether oxygens (including phenoxy) is 3. The van der Waals surface area contributed by atoms with E-state index in [0.29, 0.717) is 47.0 Å². The van der Waals surface area contributed by atoms with Crippen molar-refractivity contribution in [3.63, 3.8) is 0 Å². The molecule has 8 nitrogen and oxygen atoms in total. The van der Waals surface area contributed by atoms with E-state index in [9.17, 15) is 9.59 Å². The number of nitriles is 1. The largest absolute Gasteiger partial charge is 0.496 e. The van der Waals surface area contributed by atoms with Gasteiger partial charge in [-0.2, -0.15) is 5.26 Å². The minimum absolute atomic E-state index is 0.203. The van der Waals surface area contributed by atoms with Gasteiger partial charge in [-0.05, 0) is 56.5 Å². The molecule has 0 fully saturated rings. The molecule has 0 unspecified atom stereocenters. The normalized spacial score (nSPS) is 10.4. The Morgan fingerprint density at radius 2 is 1.86 bits per heavy atom. The van der Waals surface area contributed by atoms with Crippen LogP contribution in [0.3, 0.4) is 0 Å². The van der Waals surface area contributed by atoms with Gasteiger partial charge in [-0.3, -0.25) is 4.79 Å². The van der Waals surface area contributed by atoms with Gasteiger partial charge >= 0.3 is 5.97 Å². The van der Waals surface area contributed by atoms with Crippen LogP contribution in [-0.2, 0) is 17.7 Å². The summed E-state index contributed by atoms with van der Waals surface area (Å²) in [5.74, 6) is 0.433. The maximum Gasteiger partial charge on any atom is 0.357 e. The average Bonchev–Trinajstić information content (AvgIpc) is 3.37. The van der Waals surface area contributed by atoms with E-state index < -0.39 is 5.97 Å². The minimum atomic E-state index is -0.483. The molecule has 3 aromatic rings. The molecule has 1 amide bonds. The average molecular weight is 508 g/mol. The van der Waals surface area contributed by atoms with Gasteiger partial charge in [-0.15, -0.1) is 11.3 Å². The molecule has 0 saturated heterocycles. The molecule has 0 atom stereocenters. The van der Waals surface area contributed by atoms with E-state index >= 15 is 0 Å². The summed E-state index contributed by atoms with van der Waals surface area (Å²) in [6, 6.07) is 13.0. The summed E-state index contributed by atoms with van der Waals surface area (Å²) >= 11 is 1.31. The molecule has 0 saturated carbocycles. The lowest BCUT2D eigenvalue weighted by molar-refractivity contribution is 0.0520. The minimum Gasteiger partial charge on any atom is -0.496 e. The summed E-state index contributed by atoms with van der Waals surface area (Å²) in [4.78, 5) is 31.8. The highest BCUT2D eigenvalue weighted by molar-refractivity contribution is 7.09. The summed E-state index contributed by atoms with van der Waals surface area (Å²) in [5, 5.41) is 11.4. The third kappa shape index (κ3) is 6.61. The van der Waals surface area contributed by atoms with Crippen molar-refractivity contribution >= 4 is 23.2 Å². The van der Waals surface area contributed by atoms with Crippen molar-refractivity contribution in [2.45, 2.75) is 33.2 Å². The Kier molecular flexibility index (Phi) is 9.42. The van der Waals surface area contributed by atoms with Crippen LogP contribution in [0.2, 0.25) is 0 Å². The highest BCUT2D eigenvalue weighted by Crippen LogP contribution is 2.30. The van der Waals surface area contributed by atoms with Crippen molar-refractivity contribution < 1.29 is 23.8 Å². The maximum atomic E-state index is 13.6. The number of nitrogens with zero attached hydrogens (tertiary/aromatic N) is 3. The maximum absolute atomic E-state index is 13.6. The molecule has 1 aromatic heterocycles. The number of carbonyl (C=O) groups excluding carboxylic acids is 2. The zero-order valence-corrected chi connectivity index (χ0v) is 21.7. The van der Waals surface area contributed by atoms with E-state index in [4.69, 9.17) is 19.5 Å². The van der Waals surface area contributed by atoms with E-state index in [1.807, 2.05) is 25.1 Å². The van der Waals surface area contributed by atoms with Crippen molar-refractivity contribution in [1.29, 1.82) is 5.26 Å². The monoisotopic (exact) mass is 507 g/mol. The number of hydrogen-bond acceptors (Lipinski definition) is 8. The van der Waals surface area contributed by atoms with E-state index in [2.05, 4.69) is 11.1 Å². The first-order valence-electron chi connectivity index (χ1n) is 11.5. The fraction of sp³-hybridized carbons (Fsp3) is 0.333. The predicted octanol–water partition coefficient (Wildman–Crippen LogP) is 4.79. The number of rotatable bonds is 11. The quantitative estimate of drug-likeness (QED) is 0.344. The summed E-state index contributed by atoms with van der Waals surface area (Å²) in [6.45, 7) is 4.55. The van der Waals surface area contributed by atoms with Crippen LogP contribution in [0.5, 0.6) is 11.5 Å². The van der Waals surface area contributed by atoms with Crippen molar-refractivity contribution in [1.82, 2.24) is 9.88 Å². The van der Waals surface area contributed by atoms with Gasteiger partial charge in [0.1, 0.15) is 16.5 Å². The molecule has 188 valence electrons. The molecular weight excluding hydrogens is 478 g/mol. The summed E-state index contributed by atoms with van der Waals surface area (Å²) in [6.07, 6.45) is 1.38. The first-order valence-corrected chi connectivity index (χ1v) is 12.4. The second-order valence-electron chi connectivity index (χ2n) is 8.00. The van der Waals surface area contributed by atoms with Crippen LogP contribution in [0, 0.1) is 18.3 Å². The molecule has 1 heterocycles. The molecule has 0 aliphatic heterocycles. The number of aryl methyl sites for hydroxylation is 1. The number of amides is 1. The lowest BCUT2D eigenvalue weighted by Crippen LogP contribution is -2.32. The van der Waals surface area contributed by atoms with Gasteiger partial charge < -0.3 is 19.1 Å². The van der Waals surface area contributed by atoms with Crippen molar-refractivity contribution in [2.24, 2.45) is 0 Å². The molecule has 0 bridgehead atoms. The van der Waals surface area contributed by atoms with Crippen molar-refractivity contribution in [2.75, 3.05) is 27.4 Å². The van der Waals surface area contributed by atoms with Crippen LogP contribution in [0.1, 0.15) is 55.9 Å². The first kappa shape index (κ1) is 26.7. The summed E-state index contributed by atoms with van der Waals surface area (Å²) in [5.41, 5.74) is 3.10. The summed E-state index contributed by atoms with van der Waals surface area (Å²) in [7, 11) is 3.10.